The molecule has 0 amide bonds. The van der Waals surface area contributed by atoms with Crippen LogP contribution < -0.4 is 0 Å². The summed E-state index contributed by atoms with van der Waals surface area (Å²) in [7, 11) is 3.44. The number of aromatic nitrogens is 2. The first-order valence-corrected chi connectivity index (χ1v) is 7.40. The number of nitrogens with zero attached hydrogens (tertiary/aromatic N) is 3. The summed E-state index contributed by atoms with van der Waals surface area (Å²) in [5.41, 5.74) is 1.07. The maximum absolute atomic E-state index is 11.4. The first kappa shape index (κ1) is 15.0. The lowest BCUT2D eigenvalue weighted by Gasteiger charge is -2.18. The van der Waals surface area contributed by atoms with Crippen molar-refractivity contribution in [3.05, 3.63) is 18.0 Å². The van der Waals surface area contributed by atoms with E-state index in [9.17, 15) is 4.79 Å². The van der Waals surface area contributed by atoms with Crippen molar-refractivity contribution in [1.29, 1.82) is 0 Å². The standard InChI is InChI=1S/C15H25N3O2/c1-12(15(19)20-3)10-17(2)11-13-8-9-18(16-13)14-6-4-5-7-14/h8-9,12,14H,4-7,10-11H2,1-3H3. The molecule has 5 nitrogen and oxygen atoms in total. The summed E-state index contributed by atoms with van der Waals surface area (Å²) in [6, 6.07) is 2.67. The van der Waals surface area contributed by atoms with Crippen LogP contribution in [0.4, 0.5) is 0 Å². The van der Waals surface area contributed by atoms with Gasteiger partial charge >= 0.3 is 5.97 Å². The van der Waals surface area contributed by atoms with E-state index in [0.717, 1.165) is 12.2 Å². The summed E-state index contributed by atoms with van der Waals surface area (Å²) >= 11 is 0. The Hall–Kier alpha value is -1.36. The molecule has 1 aromatic rings. The Morgan fingerprint density at radius 2 is 2.25 bits per heavy atom. The summed E-state index contributed by atoms with van der Waals surface area (Å²) in [5.74, 6) is -0.268. The SMILES string of the molecule is COC(=O)C(C)CN(C)Cc1ccn(C2CCCC2)n1. The molecule has 1 aliphatic carbocycles. The van der Waals surface area contributed by atoms with Crippen LogP contribution in [-0.4, -0.2) is 41.4 Å². The van der Waals surface area contributed by atoms with Crippen LogP contribution in [0.5, 0.6) is 0 Å². The van der Waals surface area contributed by atoms with Gasteiger partial charge in [-0.15, -0.1) is 0 Å². The van der Waals surface area contributed by atoms with Crippen LogP contribution in [-0.2, 0) is 16.1 Å². The molecule has 0 aliphatic heterocycles. The van der Waals surface area contributed by atoms with Gasteiger partial charge in [0, 0.05) is 19.3 Å². The van der Waals surface area contributed by atoms with Gasteiger partial charge in [-0.1, -0.05) is 19.8 Å². The van der Waals surface area contributed by atoms with Gasteiger partial charge < -0.3 is 4.74 Å². The molecule has 0 saturated heterocycles. The average molecular weight is 279 g/mol. The Morgan fingerprint density at radius 3 is 2.90 bits per heavy atom. The molecule has 0 spiro atoms. The van der Waals surface area contributed by atoms with E-state index in [2.05, 4.69) is 26.9 Å². The lowest BCUT2D eigenvalue weighted by atomic mass is 10.2. The van der Waals surface area contributed by atoms with Crippen LogP contribution in [0.25, 0.3) is 0 Å². The van der Waals surface area contributed by atoms with Crippen LogP contribution in [0.2, 0.25) is 0 Å². The predicted molar refractivity (Wildman–Crippen MR) is 77.2 cm³/mol. The summed E-state index contributed by atoms with van der Waals surface area (Å²) < 4.78 is 6.86. The molecule has 1 aromatic heterocycles. The van der Waals surface area contributed by atoms with Crippen LogP contribution in [0.1, 0.15) is 44.3 Å². The van der Waals surface area contributed by atoms with Crippen LogP contribution in [0.15, 0.2) is 12.3 Å². The van der Waals surface area contributed by atoms with Crippen molar-refractivity contribution >= 4 is 5.97 Å². The van der Waals surface area contributed by atoms with Crippen molar-refractivity contribution in [1.82, 2.24) is 14.7 Å². The molecule has 20 heavy (non-hydrogen) atoms. The quantitative estimate of drug-likeness (QED) is 0.749. The van der Waals surface area contributed by atoms with Crippen molar-refractivity contribution in [2.75, 3.05) is 20.7 Å². The summed E-state index contributed by atoms with van der Waals surface area (Å²) in [6.45, 7) is 3.34. The third kappa shape index (κ3) is 3.82. The molecule has 1 fully saturated rings. The summed E-state index contributed by atoms with van der Waals surface area (Å²) in [4.78, 5) is 13.5. The van der Waals surface area contributed by atoms with E-state index in [1.54, 1.807) is 0 Å². The minimum atomic E-state index is -0.159. The van der Waals surface area contributed by atoms with Crippen molar-refractivity contribution < 1.29 is 9.53 Å². The molecule has 0 aromatic carbocycles. The maximum Gasteiger partial charge on any atom is 0.309 e. The van der Waals surface area contributed by atoms with E-state index in [1.165, 1.54) is 32.8 Å². The highest BCUT2D eigenvalue weighted by atomic mass is 16.5. The smallest absolute Gasteiger partial charge is 0.309 e. The molecule has 1 unspecified atom stereocenters. The number of ether oxygens (including phenoxy) is 1. The molecule has 0 radical (unpaired) electrons. The van der Waals surface area contributed by atoms with Crippen molar-refractivity contribution in [2.24, 2.45) is 5.92 Å². The third-order valence-electron chi connectivity index (χ3n) is 3.98. The molecular formula is C15H25N3O2. The van der Waals surface area contributed by atoms with Crippen molar-refractivity contribution in [3.8, 4) is 0 Å². The van der Waals surface area contributed by atoms with E-state index in [0.29, 0.717) is 12.6 Å². The van der Waals surface area contributed by atoms with Crippen molar-refractivity contribution in [2.45, 2.75) is 45.2 Å². The Morgan fingerprint density at radius 1 is 1.55 bits per heavy atom. The van der Waals surface area contributed by atoms with Gasteiger partial charge in [0.05, 0.1) is 24.8 Å². The number of carbonyl (C=O) groups excluding carboxylic acids is 1. The van der Waals surface area contributed by atoms with Gasteiger partial charge in [0.15, 0.2) is 0 Å². The highest BCUT2D eigenvalue weighted by Crippen LogP contribution is 2.28. The van der Waals surface area contributed by atoms with E-state index in [4.69, 9.17) is 4.74 Å². The van der Waals surface area contributed by atoms with E-state index in [-0.39, 0.29) is 11.9 Å². The normalized spacial score (nSPS) is 17.6. The second kappa shape index (κ2) is 6.88. The lowest BCUT2D eigenvalue weighted by Crippen LogP contribution is -2.29. The van der Waals surface area contributed by atoms with Gasteiger partial charge in [-0.3, -0.25) is 14.4 Å². The number of hydrogen-bond donors (Lipinski definition) is 0. The van der Waals surface area contributed by atoms with E-state index < -0.39 is 0 Å². The monoisotopic (exact) mass is 279 g/mol. The number of carbonyl (C=O) groups is 1. The zero-order valence-electron chi connectivity index (χ0n) is 12.7. The highest BCUT2D eigenvalue weighted by molar-refractivity contribution is 5.72. The van der Waals surface area contributed by atoms with Gasteiger partial charge in [-0.05, 0) is 26.0 Å². The predicted octanol–water partition coefficient (Wildman–Crippen LogP) is 2.24. The van der Waals surface area contributed by atoms with Crippen LogP contribution in [0.3, 0.4) is 0 Å². The Balaban J connectivity index is 1.85. The summed E-state index contributed by atoms with van der Waals surface area (Å²) in [6.07, 6.45) is 7.21. The first-order chi connectivity index (χ1) is 9.60. The fourth-order valence-corrected chi connectivity index (χ4v) is 2.92. The molecule has 1 saturated carbocycles. The van der Waals surface area contributed by atoms with Gasteiger partial charge in [-0.2, -0.15) is 5.10 Å². The molecule has 5 heteroatoms. The topological polar surface area (TPSA) is 47.4 Å². The van der Waals surface area contributed by atoms with Crippen LogP contribution >= 0.6 is 0 Å². The molecule has 1 atom stereocenters. The first-order valence-electron chi connectivity index (χ1n) is 7.40. The number of hydrogen-bond acceptors (Lipinski definition) is 4. The molecule has 112 valence electrons. The molecule has 0 bridgehead atoms. The second-order valence-electron chi connectivity index (χ2n) is 5.85. The summed E-state index contributed by atoms with van der Waals surface area (Å²) in [5, 5.41) is 4.66. The average Bonchev–Trinajstić information content (AvgIpc) is 3.07. The van der Waals surface area contributed by atoms with Crippen LogP contribution in [0, 0.1) is 5.92 Å². The van der Waals surface area contributed by atoms with Gasteiger partial charge in [0.2, 0.25) is 0 Å². The highest BCUT2D eigenvalue weighted by Gasteiger charge is 2.19. The molecule has 1 heterocycles. The third-order valence-corrected chi connectivity index (χ3v) is 3.98. The second-order valence-corrected chi connectivity index (χ2v) is 5.85. The fraction of sp³-hybridized carbons (Fsp3) is 0.733. The fourth-order valence-electron chi connectivity index (χ4n) is 2.92. The van der Waals surface area contributed by atoms with Gasteiger partial charge in [-0.25, -0.2) is 0 Å². The molecule has 2 rings (SSSR count). The minimum Gasteiger partial charge on any atom is -0.469 e. The Kier molecular flexibility index (Phi) is 5.17. The largest absolute Gasteiger partial charge is 0.469 e. The maximum atomic E-state index is 11.4. The minimum absolute atomic E-state index is 0.109. The van der Waals surface area contributed by atoms with E-state index in [1.807, 2.05) is 14.0 Å². The number of methoxy groups -OCH3 is 1. The molecule has 0 N–H and O–H groups in total. The lowest BCUT2D eigenvalue weighted by molar-refractivity contribution is -0.145. The van der Waals surface area contributed by atoms with Gasteiger partial charge in [0.1, 0.15) is 0 Å². The number of rotatable bonds is 6. The number of esters is 1. The van der Waals surface area contributed by atoms with E-state index >= 15 is 0 Å². The zero-order chi connectivity index (χ0) is 14.5. The Bertz CT molecular complexity index is 438. The van der Waals surface area contributed by atoms with Gasteiger partial charge in [0.25, 0.3) is 0 Å². The molecule has 1 aliphatic rings. The molecular weight excluding hydrogens is 254 g/mol. The van der Waals surface area contributed by atoms with Crippen molar-refractivity contribution in [3.63, 3.8) is 0 Å². The zero-order valence-corrected chi connectivity index (χ0v) is 12.7. The Labute approximate surface area is 120 Å².